The average molecular weight is 216 g/mol. The van der Waals surface area contributed by atoms with E-state index in [-0.39, 0.29) is 0 Å². The Labute approximate surface area is 88.2 Å². The summed E-state index contributed by atoms with van der Waals surface area (Å²) in [6.45, 7) is 2.57. The molecule has 0 unspecified atom stereocenters. The van der Waals surface area contributed by atoms with Gasteiger partial charge >= 0.3 is 0 Å². The van der Waals surface area contributed by atoms with Gasteiger partial charge in [0.1, 0.15) is 0 Å². The molecule has 0 aliphatic carbocycles. The molecule has 0 saturated carbocycles. The fourth-order valence-electron chi connectivity index (χ4n) is 1.61. The largest absolute Gasteiger partial charge is 0.478 e. The van der Waals surface area contributed by atoms with Gasteiger partial charge in [0.15, 0.2) is 5.15 Å². The number of halogens is 1. The predicted octanol–water partition coefficient (Wildman–Crippen LogP) is 1.08. The smallest absolute Gasteiger partial charge is 0.216 e. The molecule has 0 amide bonds. The molecule has 78 valence electrons. The molecular formula is C9H14ClN3O. The number of ether oxygens (including phenoxy) is 1. The van der Waals surface area contributed by atoms with Crippen LogP contribution in [0.1, 0.15) is 12.0 Å². The molecular weight excluding hydrogens is 202 g/mol. The molecule has 1 aliphatic rings. The Balaban J connectivity index is 2.24. The van der Waals surface area contributed by atoms with Crippen LogP contribution >= 0.6 is 11.6 Å². The second kappa shape index (κ2) is 4.19. The molecule has 1 aromatic rings. The lowest BCUT2D eigenvalue weighted by atomic mass is 10.2. The van der Waals surface area contributed by atoms with Gasteiger partial charge in [-0.05, 0) is 20.0 Å². The first-order chi connectivity index (χ1) is 6.83. The van der Waals surface area contributed by atoms with Crippen LogP contribution in [0, 0.1) is 0 Å². The molecule has 1 N–H and O–H groups in total. The number of hydrogen-bond donors (Lipinski definition) is 1. The van der Waals surface area contributed by atoms with Crippen LogP contribution in [0.25, 0.3) is 0 Å². The van der Waals surface area contributed by atoms with Crippen LogP contribution < -0.4 is 10.1 Å². The van der Waals surface area contributed by atoms with Crippen LogP contribution in [0.4, 0.5) is 0 Å². The highest BCUT2D eigenvalue weighted by Crippen LogP contribution is 2.29. The van der Waals surface area contributed by atoms with Gasteiger partial charge in [-0.15, -0.1) is 0 Å². The Morgan fingerprint density at radius 3 is 3.29 bits per heavy atom. The minimum Gasteiger partial charge on any atom is -0.478 e. The van der Waals surface area contributed by atoms with E-state index in [1.54, 1.807) is 0 Å². The van der Waals surface area contributed by atoms with Crippen molar-refractivity contribution in [2.45, 2.75) is 19.4 Å². The maximum absolute atomic E-state index is 6.03. The zero-order valence-corrected chi connectivity index (χ0v) is 8.97. The molecule has 2 rings (SSSR count). The van der Waals surface area contributed by atoms with Crippen LogP contribution in [0.2, 0.25) is 5.15 Å². The van der Waals surface area contributed by atoms with E-state index in [2.05, 4.69) is 10.4 Å². The van der Waals surface area contributed by atoms with Gasteiger partial charge in [-0.3, -0.25) is 0 Å². The number of nitrogens with zero attached hydrogens (tertiary/aromatic N) is 2. The van der Waals surface area contributed by atoms with Gasteiger partial charge in [-0.2, -0.15) is 5.10 Å². The summed E-state index contributed by atoms with van der Waals surface area (Å²) in [5.41, 5.74) is 1.03. The Bertz CT molecular complexity index is 324. The maximum atomic E-state index is 6.03. The lowest BCUT2D eigenvalue weighted by Crippen LogP contribution is -2.16. The Kier molecular flexibility index (Phi) is 2.93. The normalized spacial score (nSPS) is 15.0. The molecule has 0 saturated heterocycles. The van der Waals surface area contributed by atoms with Crippen molar-refractivity contribution in [1.29, 1.82) is 0 Å². The summed E-state index contributed by atoms with van der Waals surface area (Å²) in [5.74, 6) is 0.858. The molecule has 2 heterocycles. The highest BCUT2D eigenvalue weighted by atomic mass is 35.5. The van der Waals surface area contributed by atoms with E-state index in [1.807, 2.05) is 11.7 Å². The van der Waals surface area contributed by atoms with Gasteiger partial charge in [-0.25, -0.2) is 4.68 Å². The molecule has 0 radical (unpaired) electrons. The first kappa shape index (κ1) is 9.80. The number of aryl methyl sites for hydroxylation is 1. The van der Waals surface area contributed by atoms with Gasteiger partial charge in [-0.1, -0.05) is 11.6 Å². The lowest BCUT2D eigenvalue weighted by Gasteiger charge is -2.15. The third-order valence-electron chi connectivity index (χ3n) is 2.33. The molecule has 1 aromatic heterocycles. The average Bonchev–Trinajstić information content (AvgIpc) is 2.51. The number of hydrogen-bond acceptors (Lipinski definition) is 3. The highest BCUT2D eigenvalue weighted by Gasteiger charge is 2.19. The third kappa shape index (κ3) is 1.72. The summed E-state index contributed by atoms with van der Waals surface area (Å²) in [7, 11) is 1.92. The number of nitrogens with one attached hydrogen (secondary N) is 1. The van der Waals surface area contributed by atoms with Crippen molar-refractivity contribution in [3.8, 4) is 5.88 Å². The molecule has 5 heteroatoms. The molecule has 14 heavy (non-hydrogen) atoms. The summed E-state index contributed by atoms with van der Waals surface area (Å²) < 4.78 is 7.42. The molecule has 0 spiro atoms. The molecule has 0 aromatic carbocycles. The van der Waals surface area contributed by atoms with E-state index in [1.165, 1.54) is 0 Å². The quantitative estimate of drug-likeness (QED) is 0.820. The Morgan fingerprint density at radius 1 is 1.64 bits per heavy atom. The monoisotopic (exact) mass is 215 g/mol. The second-order valence-corrected chi connectivity index (χ2v) is 3.71. The van der Waals surface area contributed by atoms with E-state index in [0.29, 0.717) is 5.15 Å². The van der Waals surface area contributed by atoms with E-state index in [4.69, 9.17) is 16.3 Å². The highest BCUT2D eigenvalue weighted by molar-refractivity contribution is 6.30. The zero-order chi connectivity index (χ0) is 9.97. The van der Waals surface area contributed by atoms with Crippen molar-refractivity contribution in [3.63, 3.8) is 0 Å². The first-order valence-electron chi connectivity index (χ1n) is 4.85. The third-order valence-corrected chi connectivity index (χ3v) is 2.63. The van der Waals surface area contributed by atoms with Gasteiger partial charge < -0.3 is 10.1 Å². The predicted molar refractivity (Wildman–Crippen MR) is 55.0 cm³/mol. The number of fused-ring (bicyclic) bond motifs is 1. The van der Waals surface area contributed by atoms with Crippen molar-refractivity contribution in [2.75, 3.05) is 20.2 Å². The number of aromatic nitrogens is 2. The second-order valence-electron chi connectivity index (χ2n) is 3.35. The van der Waals surface area contributed by atoms with Crippen molar-refractivity contribution in [1.82, 2.24) is 15.1 Å². The van der Waals surface area contributed by atoms with Gasteiger partial charge in [0.2, 0.25) is 5.88 Å². The summed E-state index contributed by atoms with van der Waals surface area (Å²) in [5, 5.41) is 7.90. The van der Waals surface area contributed by atoms with Crippen molar-refractivity contribution < 1.29 is 4.74 Å². The van der Waals surface area contributed by atoms with Gasteiger partial charge in [0.05, 0.1) is 12.2 Å². The molecule has 1 aliphatic heterocycles. The zero-order valence-electron chi connectivity index (χ0n) is 8.22. The fourth-order valence-corrected chi connectivity index (χ4v) is 1.88. The molecule has 4 nitrogen and oxygen atoms in total. The molecule has 0 bridgehead atoms. The first-order valence-corrected chi connectivity index (χ1v) is 5.23. The summed E-state index contributed by atoms with van der Waals surface area (Å²) in [4.78, 5) is 0. The fraction of sp³-hybridized carbons (Fsp3) is 0.667. The van der Waals surface area contributed by atoms with E-state index < -0.39 is 0 Å². The summed E-state index contributed by atoms with van der Waals surface area (Å²) in [6, 6.07) is 0. The number of rotatable bonds is 3. The van der Waals surface area contributed by atoms with Crippen molar-refractivity contribution in [2.24, 2.45) is 0 Å². The maximum Gasteiger partial charge on any atom is 0.216 e. The van der Waals surface area contributed by atoms with E-state index in [0.717, 1.165) is 44.0 Å². The SMILES string of the molecule is CNCCc1c(Cl)nn2c1OCCC2. The molecule has 0 atom stereocenters. The number of likely N-dealkylation sites (N-methyl/N-ethyl adjacent to an activating group) is 1. The Morgan fingerprint density at radius 2 is 2.50 bits per heavy atom. The van der Waals surface area contributed by atoms with E-state index in [9.17, 15) is 0 Å². The van der Waals surface area contributed by atoms with Crippen molar-refractivity contribution in [3.05, 3.63) is 10.7 Å². The van der Waals surface area contributed by atoms with Crippen LogP contribution in [-0.4, -0.2) is 30.0 Å². The van der Waals surface area contributed by atoms with Crippen LogP contribution in [0.15, 0.2) is 0 Å². The summed E-state index contributed by atoms with van der Waals surface area (Å²) >= 11 is 6.03. The van der Waals surface area contributed by atoms with Crippen LogP contribution in [-0.2, 0) is 13.0 Å². The Hall–Kier alpha value is -0.740. The lowest BCUT2D eigenvalue weighted by molar-refractivity contribution is 0.228. The van der Waals surface area contributed by atoms with Crippen LogP contribution in [0.3, 0.4) is 0 Å². The van der Waals surface area contributed by atoms with Crippen molar-refractivity contribution >= 4 is 11.6 Å². The van der Waals surface area contributed by atoms with Gasteiger partial charge in [0.25, 0.3) is 0 Å². The van der Waals surface area contributed by atoms with Gasteiger partial charge in [0, 0.05) is 13.0 Å². The summed E-state index contributed by atoms with van der Waals surface area (Å²) in [6.07, 6.45) is 1.88. The minimum atomic E-state index is 0.581. The molecule has 0 fully saturated rings. The van der Waals surface area contributed by atoms with E-state index >= 15 is 0 Å². The topological polar surface area (TPSA) is 39.1 Å². The van der Waals surface area contributed by atoms with Crippen LogP contribution in [0.5, 0.6) is 5.88 Å². The standard InChI is InChI=1S/C9H14ClN3O/c1-11-4-3-7-8(10)12-13-5-2-6-14-9(7)13/h11H,2-6H2,1H3. The minimum absolute atomic E-state index is 0.581.